The Kier molecular flexibility index (Phi) is 6.77. The van der Waals surface area contributed by atoms with Gasteiger partial charge in [0, 0.05) is 0 Å². The number of allylic oxidation sites excluding steroid dienone is 1. The fourth-order valence-electron chi connectivity index (χ4n) is 0.815. The standard InChI is InChI=1S/C9H15F3N2O/c1-2-3-4-5-13-6-8(15)14-7-9(10,11)12/h2-3,13H,4-7H2,1H3,(H,14,15)/b3-2+. The van der Waals surface area contributed by atoms with Gasteiger partial charge in [-0.05, 0) is 19.9 Å². The topological polar surface area (TPSA) is 41.1 Å². The van der Waals surface area contributed by atoms with Gasteiger partial charge in [-0.25, -0.2) is 0 Å². The molecule has 0 aliphatic carbocycles. The summed E-state index contributed by atoms with van der Waals surface area (Å²) < 4.78 is 35.0. The van der Waals surface area contributed by atoms with E-state index in [2.05, 4.69) is 5.32 Å². The molecule has 15 heavy (non-hydrogen) atoms. The molecule has 0 atom stereocenters. The molecule has 2 N–H and O–H groups in total. The van der Waals surface area contributed by atoms with Crippen molar-refractivity contribution in [3.05, 3.63) is 12.2 Å². The molecule has 1 amide bonds. The molecular formula is C9H15F3N2O. The lowest BCUT2D eigenvalue weighted by Crippen LogP contribution is -2.39. The molecule has 0 saturated carbocycles. The minimum Gasteiger partial charge on any atom is -0.346 e. The van der Waals surface area contributed by atoms with Crippen LogP contribution in [0.3, 0.4) is 0 Å². The minimum absolute atomic E-state index is 0.0896. The van der Waals surface area contributed by atoms with Crippen molar-refractivity contribution in [2.75, 3.05) is 19.6 Å². The quantitative estimate of drug-likeness (QED) is 0.526. The zero-order valence-corrected chi connectivity index (χ0v) is 8.53. The summed E-state index contributed by atoms with van der Waals surface area (Å²) in [6, 6.07) is 0. The summed E-state index contributed by atoms with van der Waals surface area (Å²) >= 11 is 0. The van der Waals surface area contributed by atoms with Crippen molar-refractivity contribution in [1.29, 1.82) is 0 Å². The molecular weight excluding hydrogens is 209 g/mol. The molecule has 6 heteroatoms. The van der Waals surface area contributed by atoms with Crippen LogP contribution in [0.2, 0.25) is 0 Å². The first-order valence-electron chi connectivity index (χ1n) is 4.61. The maximum Gasteiger partial charge on any atom is 0.405 e. The molecule has 88 valence electrons. The third-order valence-corrected chi connectivity index (χ3v) is 1.50. The van der Waals surface area contributed by atoms with Gasteiger partial charge in [0.15, 0.2) is 0 Å². The lowest BCUT2D eigenvalue weighted by Gasteiger charge is -2.08. The Bertz CT molecular complexity index is 214. The molecule has 0 saturated heterocycles. The number of rotatable bonds is 6. The van der Waals surface area contributed by atoms with Gasteiger partial charge in [0.05, 0.1) is 6.54 Å². The second-order valence-electron chi connectivity index (χ2n) is 2.93. The van der Waals surface area contributed by atoms with E-state index in [1.54, 1.807) is 5.32 Å². The Morgan fingerprint density at radius 1 is 1.40 bits per heavy atom. The smallest absolute Gasteiger partial charge is 0.346 e. The maximum atomic E-state index is 11.7. The minimum atomic E-state index is -4.35. The average Bonchev–Trinajstić information content (AvgIpc) is 2.13. The van der Waals surface area contributed by atoms with Crippen molar-refractivity contribution in [3.63, 3.8) is 0 Å². The van der Waals surface area contributed by atoms with Crippen LogP contribution in [-0.4, -0.2) is 31.7 Å². The first-order chi connectivity index (χ1) is 6.95. The summed E-state index contributed by atoms with van der Waals surface area (Å²) in [5.74, 6) is -0.646. The lowest BCUT2D eigenvalue weighted by molar-refractivity contribution is -0.137. The molecule has 0 fully saturated rings. The van der Waals surface area contributed by atoms with E-state index in [-0.39, 0.29) is 6.54 Å². The van der Waals surface area contributed by atoms with Crippen LogP contribution >= 0.6 is 0 Å². The average molecular weight is 224 g/mol. The van der Waals surface area contributed by atoms with Gasteiger partial charge in [0.2, 0.25) is 5.91 Å². The molecule has 0 unspecified atom stereocenters. The van der Waals surface area contributed by atoms with Gasteiger partial charge < -0.3 is 10.6 Å². The number of halogens is 3. The van der Waals surface area contributed by atoms with Crippen molar-refractivity contribution in [2.45, 2.75) is 19.5 Å². The Balaban J connectivity index is 3.42. The molecule has 0 aromatic carbocycles. The van der Waals surface area contributed by atoms with E-state index in [4.69, 9.17) is 0 Å². The maximum absolute atomic E-state index is 11.7. The SMILES string of the molecule is C/C=C/CCNCC(=O)NCC(F)(F)F. The Hall–Kier alpha value is -1.04. The van der Waals surface area contributed by atoms with E-state index in [1.165, 1.54) is 0 Å². The Morgan fingerprint density at radius 3 is 2.60 bits per heavy atom. The molecule has 0 aromatic rings. The molecule has 0 rings (SSSR count). The first-order valence-corrected chi connectivity index (χ1v) is 4.61. The predicted octanol–water partition coefficient (Wildman–Crippen LogP) is 1.22. The fourth-order valence-corrected chi connectivity index (χ4v) is 0.815. The van der Waals surface area contributed by atoms with Gasteiger partial charge in [0.1, 0.15) is 6.54 Å². The summed E-state index contributed by atoms with van der Waals surface area (Å²) in [6.07, 6.45) is 0.176. The molecule has 0 aliphatic heterocycles. The predicted molar refractivity (Wildman–Crippen MR) is 51.4 cm³/mol. The van der Waals surface area contributed by atoms with E-state index in [9.17, 15) is 18.0 Å². The number of alkyl halides is 3. The summed E-state index contributed by atoms with van der Waals surface area (Å²) in [5, 5.41) is 4.49. The lowest BCUT2D eigenvalue weighted by atomic mass is 10.4. The molecule has 0 spiro atoms. The van der Waals surface area contributed by atoms with E-state index in [0.717, 1.165) is 6.42 Å². The molecule has 3 nitrogen and oxygen atoms in total. The van der Waals surface area contributed by atoms with Crippen LogP contribution in [0.15, 0.2) is 12.2 Å². The highest BCUT2D eigenvalue weighted by Crippen LogP contribution is 2.11. The van der Waals surface area contributed by atoms with Crippen molar-refractivity contribution in [3.8, 4) is 0 Å². The highest BCUT2D eigenvalue weighted by molar-refractivity contribution is 5.77. The van der Waals surface area contributed by atoms with Gasteiger partial charge >= 0.3 is 6.18 Å². The molecule has 0 aromatic heterocycles. The third kappa shape index (κ3) is 10.9. The van der Waals surface area contributed by atoms with Crippen molar-refractivity contribution in [2.24, 2.45) is 0 Å². The number of hydrogen-bond donors (Lipinski definition) is 2. The molecule has 0 heterocycles. The van der Waals surface area contributed by atoms with E-state index >= 15 is 0 Å². The van der Waals surface area contributed by atoms with Crippen molar-refractivity contribution >= 4 is 5.91 Å². The third-order valence-electron chi connectivity index (χ3n) is 1.50. The van der Waals surface area contributed by atoms with Gasteiger partial charge in [0.25, 0.3) is 0 Å². The van der Waals surface area contributed by atoms with Gasteiger partial charge in [-0.15, -0.1) is 0 Å². The summed E-state index contributed by atoms with van der Waals surface area (Å²) in [6.45, 7) is 1.08. The zero-order chi connectivity index (χ0) is 11.7. The molecule has 0 bridgehead atoms. The summed E-state index contributed by atoms with van der Waals surface area (Å²) in [7, 11) is 0. The van der Waals surface area contributed by atoms with Crippen molar-refractivity contribution < 1.29 is 18.0 Å². The molecule has 0 aliphatic rings. The second-order valence-corrected chi connectivity index (χ2v) is 2.93. The van der Waals surface area contributed by atoms with Crippen LogP contribution in [-0.2, 0) is 4.79 Å². The summed E-state index contributed by atoms with van der Waals surface area (Å²) in [4.78, 5) is 10.8. The van der Waals surface area contributed by atoms with E-state index in [0.29, 0.717) is 6.54 Å². The monoisotopic (exact) mass is 224 g/mol. The van der Waals surface area contributed by atoms with Gasteiger partial charge in [-0.1, -0.05) is 12.2 Å². The van der Waals surface area contributed by atoms with Crippen LogP contribution in [0.4, 0.5) is 13.2 Å². The number of amides is 1. The van der Waals surface area contributed by atoms with Crippen LogP contribution in [0.25, 0.3) is 0 Å². The van der Waals surface area contributed by atoms with Crippen LogP contribution in [0.1, 0.15) is 13.3 Å². The highest BCUT2D eigenvalue weighted by atomic mass is 19.4. The van der Waals surface area contributed by atoms with Gasteiger partial charge in [-0.2, -0.15) is 13.2 Å². The summed E-state index contributed by atoms with van der Waals surface area (Å²) in [5.41, 5.74) is 0. The number of carbonyl (C=O) groups excluding carboxylic acids is 1. The van der Waals surface area contributed by atoms with E-state index in [1.807, 2.05) is 19.1 Å². The Labute approximate surface area is 86.7 Å². The largest absolute Gasteiger partial charge is 0.405 e. The molecule has 0 radical (unpaired) electrons. The first kappa shape index (κ1) is 14.0. The number of nitrogens with one attached hydrogen (secondary N) is 2. The van der Waals surface area contributed by atoms with Crippen LogP contribution in [0, 0.1) is 0 Å². The zero-order valence-electron chi connectivity index (χ0n) is 8.53. The Morgan fingerprint density at radius 2 is 2.07 bits per heavy atom. The van der Waals surface area contributed by atoms with Gasteiger partial charge in [-0.3, -0.25) is 4.79 Å². The van der Waals surface area contributed by atoms with Crippen LogP contribution < -0.4 is 10.6 Å². The van der Waals surface area contributed by atoms with Crippen molar-refractivity contribution in [1.82, 2.24) is 10.6 Å². The highest BCUT2D eigenvalue weighted by Gasteiger charge is 2.27. The fraction of sp³-hybridized carbons (Fsp3) is 0.667. The van der Waals surface area contributed by atoms with Crippen LogP contribution in [0.5, 0.6) is 0 Å². The number of carbonyl (C=O) groups is 1. The van der Waals surface area contributed by atoms with E-state index < -0.39 is 18.6 Å². The number of hydrogen-bond acceptors (Lipinski definition) is 2. The normalized spacial score (nSPS) is 12.0. The second kappa shape index (κ2) is 7.28.